The largest absolute Gasteiger partial charge is 0.462 e. The first-order valence-electron chi connectivity index (χ1n) is 12.4. The topological polar surface area (TPSA) is 46.6 Å². The van der Waals surface area contributed by atoms with Crippen LogP contribution >= 0.6 is 35.7 Å². The summed E-state index contributed by atoms with van der Waals surface area (Å²) in [6.07, 6.45) is 0.281. The number of anilines is 1. The average Bonchev–Trinajstić information content (AvgIpc) is 3.36. The number of esters is 1. The van der Waals surface area contributed by atoms with E-state index in [0.717, 1.165) is 37.1 Å². The van der Waals surface area contributed by atoms with Gasteiger partial charge in [-0.2, -0.15) is 0 Å². The van der Waals surface area contributed by atoms with Gasteiger partial charge >= 0.3 is 5.97 Å². The molecule has 0 unspecified atom stereocenters. The molecule has 38 heavy (non-hydrogen) atoms. The minimum absolute atomic E-state index is 0.0120. The van der Waals surface area contributed by atoms with Gasteiger partial charge in [-0.15, -0.1) is 0 Å². The summed E-state index contributed by atoms with van der Waals surface area (Å²) in [5, 5.41) is 0. The van der Waals surface area contributed by atoms with Crippen LogP contribution in [0.3, 0.4) is 0 Å². The highest BCUT2D eigenvalue weighted by Crippen LogP contribution is 2.58. The second kappa shape index (κ2) is 10.9. The maximum Gasteiger partial charge on any atom is 0.346 e. The number of ether oxygens (including phenoxy) is 1. The number of carbonyl (C=O) groups excluding carboxylic acids is 2. The summed E-state index contributed by atoms with van der Waals surface area (Å²) < 4.78 is 6.34. The molecular formula is C31H27NO3S3. The van der Waals surface area contributed by atoms with Crippen LogP contribution in [-0.2, 0) is 20.7 Å². The van der Waals surface area contributed by atoms with E-state index in [1.54, 1.807) is 11.8 Å². The predicted molar refractivity (Wildman–Crippen MR) is 163 cm³/mol. The molecule has 0 atom stereocenters. The van der Waals surface area contributed by atoms with Crippen LogP contribution in [0.4, 0.5) is 5.69 Å². The number of benzene rings is 3. The van der Waals surface area contributed by atoms with Gasteiger partial charge in [-0.1, -0.05) is 115 Å². The van der Waals surface area contributed by atoms with Crippen molar-refractivity contribution in [1.29, 1.82) is 0 Å². The van der Waals surface area contributed by atoms with Gasteiger partial charge in [0.2, 0.25) is 5.91 Å². The number of carbonyl (C=O) groups is 2. The van der Waals surface area contributed by atoms with Crippen molar-refractivity contribution in [3.05, 3.63) is 111 Å². The van der Waals surface area contributed by atoms with E-state index in [9.17, 15) is 9.59 Å². The van der Waals surface area contributed by atoms with Gasteiger partial charge in [0.05, 0.1) is 33.4 Å². The van der Waals surface area contributed by atoms with Crippen LogP contribution in [0.5, 0.6) is 0 Å². The zero-order valence-corrected chi connectivity index (χ0v) is 23.8. The Kier molecular flexibility index (Phi) is 7.61. The minimum Gasteiger partial charge on any atom is -0.462 e. The summed E-state index contributed by atoms with van der Waals surface area (Å²) in [6.45, 7) is 6.10. The Bertz CT molecular complexity index is 1480. The second-order valence-corrected chi connectivity index (χ2v) is 12.1. The summed E-state index contributed by atoms with van der Waals surface area (Å²) in [5.74, 6) is -0.351. The lowest BCUT2D eigenvalue weighted by Crippen LogP contribution is -2.56. The van der Waals surface area contributed by atoms with E-state index in [0.29, 0.717) is 16.4 Å². The first kappa shape index (κ1) is 26.5. The smallest absolute Gasteiger partial charge is 0.346 e. The van der Waals surface area contributed by atoms with Crippen molar-refractivity contribution in [2.75, 3.05) is 11.5 Å². The SMILES string of the molecule is CCOC(=O)C1=C(c2ccccc2)S/C(=C2/C(=S)C(C)(C)N(C(=O)Cc3ccccc3)c3ccccc32)S1. The fraction of sp³-hybridized carbons (Fsp3) is 0.194. The zero-order valence-electron chi connectivity index (χ0n) is 21.4. The first-order valence-corrected chi connectivity index (χ1v) is 14.4. The molecule has 2 heterocycles. The van der Waals surface area contributed by atoms with Crippen LogP contribution in [0.25, 0.3) is 10.5 Å². The first-order chi connectivity index (χ1) is 18.3. The molecule has 0 aliphatic carbocycles. The van der Waals surface area contributed by atoms with Crippen LogP contribution in [-0.4, -0.2) is 28.9 Å². The molecule has 2 aliphatic heterocycles. The van der Waals surface area contributed by atoms with Crippen LogP contribution in [0.2, 0.25) is 0 Å². The third-order valence-electron chi connectivity index (χ3n) is 6.50. The predicted octanol–water partition coefficient (Wildman–Crippen LogP) is 7.50. The fourth-order valence-electron chi connectivity index (χ4n) is 4.72. The van der Waals surface area contributed by atoms with Crippen molar-refractivity contribution in [2.45, 2.75) is 32.7 Å². The van der Waals surface area contributed by atoms with Crippen molar-refractivity contribution in [2.24, 2.45) is 0 Å². The Morgan fingerprint density at radius 3 is 2.21 bits per heavy atom. The summed E-state index contributed by atoms with van der Waals surface area (Å²) >= 11 is 9.08. The van der Waals surface area contributed by atoms with E-state index in [1.807, 2.05) is 111 Å². The number of hydrogen-bond donors (Lipinski definition) is 0. The standard InChI is InChI=1S/C31H27NO3S3/c1-4-35-29(34)27-26(21-15-9-6-10-16-21)37-30(38-27)25-22-17-11-12-18-23(22)32(31(2,3)28(25)36)24(33)19-20-13-7-5-8-14-20/h5-18H,4,19H2,1-3H3/b30-25-. The fourth-order valence-corrected chi connectivity index (χ4v) is 7.85. The number of para-hydroxylation sites is 1. The molecule has 3 aromatic rings. The van der Waals surface area contributed by atoms with E-state index in [4.69, 9.17) is 17.0 Å². The van der Waals surface area contributed by atoms with Gasteiger partial charge in [-0.05, 0) is 38.0 Å². The number of nitrogens with zero attached hydrogens (tertiary/aromatic N) is 1. The molecule has 0 aromatic heterocycles. The zero-order chi connectivity index (χ0) is 26.9. The highest BCUT2D eigenvalue weighted by molar-refractivity contribution is 8.32. The number of thiocarbonyl (C=S) groups is 1. The molecule has 7 heteroatoms. The van der Waals surface area contributed by atoms with Crippen LogP contribution < -0.4 is 4.90 Å². The second-order valence-electron chi connectivity index (χ2n) is 9.41. The Morgan fingerprint density at radius 1 is 0.895 bits per heavy atom. The quantitative estimate of drug-likeness (QED) is 0.184. The monoisotopic (exact) mass is 557 g/mol. The minimum atomic E-state index is -0.751. The number of hydrogen-bond acceptors (Lipinski definition) is 6. The lowest BCUT2D eigenvalue weighted by Gasteiger charge is -2.45. The lowest BCUT2D eigenvalue weighted by atomic mass is 9.83. The van der Waals surface area contributed by atoms with E-state index in [1.165, 1.54) is 11.8 Å². The van der Waals surface area contributed by atoms with Crippen molar-refractivity contribution in [1.82, 2.24) is 0 Å². The third-order valence-corrected chi connectivity index (χ3v) is 9.83. The number of rotatable bonds is 5. The van der Waals surface area contributed by atoms with Crippen LogP contribution in [0.15, 0.2) is 94.1 Å². The molecule has 0 saturated heterocycles. The third kappa shape index (κ3) is 4.86. The summed E-state index contributed by atoms with van der Waals surface area (Å²) in [7, 11) is 0. The molecule has 192 valence electrons. The maximum atomic E-state index is 13.7. The average molecular weight is 558 g/mol. The molecule has 4 nitrogen and oxygen atoms in total. The molecule has 0 spiro atoms. The van der Waals surface area contributed by atoms with Gasteiger partial charge in [0, 0.05) is 16.0 Å². The number of thioether (sulfide) groups is 2. The highest BCUT2D eigenvalue weighted by Gasteiger charge is 2.45. The molecular weight excluding hydrogens is 531 g/mol. The van der Waals surface area contributed by atoms with Crippen molar-refractivity contribution >= 4 is 68.6 Å². The number of fused-ring (bicyclic) bond motifs is 1. The molecule has 0 radical (unpaired) electrons. The van der Waals surface area contributed by atoms with Gasteiger partial charge in [-0.3, -0.25) is 4.79 Å². The molecule has 0 saturated carbocycles. The molecule has 5 rings (SSSR count). The summed E-state index contributed by atoms with van der Waals surface area (Å²) in [5.41, 5.74) is 3.77. The van der Waals surface area contributed by atoms with Crippen molar-refractivity contribution in [3.8, 4) is 0 Å². The van der Waals surface area contributed by atoms with Gasteiger partial charge in [0.1, 0.15) is 4.91 Å². The van der Waals surface area contributed by atoms with E-state index in [-0.39, 0.29) is 18.3 Å². The lowest BCUT2D eigenvalue weighted by molar-refractivity contribution is -0.137. The maximum absolute atomic E-state index is 13.7. The van der Waals surface area contributed by atoms with Crippen LogP contribution in [0.1, 0.15) is 37.5 Å². The van der Waals surface area contributed by atoms with Crippen molar-refractivity contribution in [3.63, 3.8) is 0 Å². The van der Waals surface area contributed by atoms with Crippen LogP contribution in [0, 0.1) is 0 Å². The number of amides is 1. The molecule has 1 amide bonds. The Labute approximate surface area is 237 Å². The molecule has 0 N–H and O–H groups in total. The molecule has 3 aromatic carbocycles. The molecule has 0 fully saturated rings. The Hall–Kier alpha value is -3.13. The summed E-state index contributed by atoms with van der Waals surface area (Å²) in [4.78, 5) is 30.7. The Morgan fingerprint density at radius 2 is 1.53 bits per heavy atom. The van der Waals surface area contributed by atoms with E-state index in [2.05, 4.69) is 0 Å². The van der Waals surface area contributed by atoms with Gasteiger partial charge in [0.15, 0.2) is 0 Å². The van der Waals surface area contributed by atoms with E-state index < -0.39 is 5.54 Å². The highest BCUT2D eigenvalue weighted by atomic mass is 32.2. The summed E-state index contributed by atoms with van der Waals surface area (Å²) in [6, 6.07) is 27.5. The van der Waals surface area contributed by atoms with E-state index >= 15 is 0 Å². The van der Waals surface area contributed by atoms with Gasteiger partial charge in [-0.25, -0.2) is 4.79 Å². The van der Waals surface area contributed by atoms with Gasteiger partial charge in [0.25, 0.3) is 0 Å². The molecule has 0 bridgehead atoms. The Balaban J connectivity index is 1.61. The molecule has 2 aliphatic rings. The van der Waals surface area contributed by atoms with Gasteiger partial charge < -0.3 is 9.64 Å². The van der Waals surface area contributed by atoms with Crippen molar-refractivity contribution < 1.29 is 14.3 Å². The normalized spacial score (nSPS) is 18.4.